The molecular weight excluding hydrogens is 352 g/mol. The number of nitrogens with one attached hydrogen (secondary N) is 2. The fourth-order valence-electron chi connectivity index (χ4n) is 4.16. The van der Waals surface area contributed by atoms with E-state index in [0.717, 1.165) is 19.3 Å². The van der Waals surface area contributed by atoms with E-state index in [0.29, 0.717) is 19.3 Å². The fourth-order valence-corrected chi connectivity index (χ4v) is 4.16. The summed E-state index contributed by atoms with van der Waals surface area (Å²) in [6, 6.07) is 0.313. The van der Waals surface area contributed by atoms with Gasteiger partial charge >= 0.3 is 12.1 Å². The van der Waals surface area contributed by atoms with Crippen molar-refractivity contribution in [2.45, 2.75) is 53.0 Å². The Morgan fingerprint density at radius 2 is 1.81 bits per heavy atom. The van der Waals surface area contributed by atoms with Gasteiger partial charge in [0, 0.05) is 26.8 Å². The van der Waals surface area contributed by atoms with Gasteiger partial charge in [-0.15, -0.1) is 0 Å². The Morgan fingerprint density at radius 1 is 1.15 bits per heavy atom. The van der Waals surface area contributed by atoms with Crippen LogP contribution in [0.25, 0.3) is 0 Å². The highest BCUT2D eigenvalue weighted by atomic mass is 16.6. The van der Waals surface area contributed by atoms with Gasteiger partial charge in [0.05, 0.1) is 13.3 Å². The van der Waals surface area contributed by atoms with Gasteiger partial charge < -0.3 is 24.6 Å². The predicted octanol–water partition coefficient (Wildman–Crippen LogP) is 2.23. The van der Waals surface area contributed by atoms with Gasteiger partial charge in [-0.25, -0.2) is 4.79 Å². The first kappa shape index (κ1) is 23.7. The standard InChI is InChI=1S/C19H36N2O6/c1-17(2)7-14(21-13-26-6)8-18(3,9-17)10-20-16(24)27-12-19(4,11-25-5)15(22)23/h14,21H,7-13H2,1-6H3,(H,20,24)(H,22,23). The highest BCUT2D eigenvalue weighted by Crippen LogP contribution is 2.45. The first-order valence-corrected chi connectivity index (χ1v) is 9.31. The molecule has 0 saturated heterocycles. The third-order valence-electron chi connectivity index (χ3n) is 5.12. The van der Waals surface area contributed by atoms with Gasteiger partial charge in [0.25, 0.3) is 0 Å². The van der Waals surface area contributed by atoms with Crippen molar-refractivity contribution in [1.82, 2.24) is 10.6 Å². The molecular formula is C19H36N2O6. The summed E-state index contributed by atoms with van der Waals surface area (Å²) in [4.78, 5) is 23.5. The molecule has 158 valence electrons. The van der Waals surface area contributed by atoms with Crippen LogP contribution in [-0.4, -0.2) is 63.9 Å². The molecule has 27 heavy (non-hydrogen) atoms. The lowest BCUT2D eigenvalue weighted by molar-refractivity contribution is -0.153. The zero-order valence-electron chi connectivity index (χ0n) is 17.5. The molecule has 1 aliphatic rings. The van der Waals surface area contributed by atoms with Gasteiger partial charge in [0.2, 0.25) is 0 Å². The van der Waals surface area contributed by atoms with Crippen molar-refractivity contribution in [1.29, 1.82) is 0 Å². The van der Waals surface area contributed by atoms with Crippen molar-refractivity contribution in [3.63, 3.8) is 0 Å². The number of carbonyl (C=O) groups is 2. The molecule has 0 heterocycles. The number of alkyl carbamates (subject to hydrolysis) is 1. The summed E-state index contributed by atoms with van der Waals surface area (Å²) >= 11 is 0. The van der Waals surface area contributed by atoms with Crippen LogP contribution in [0.2, 0.25) is 0 Å². The van der Waals surface area contributed by atoms with Gasteiger partial charge in [-0.3, -0.25) is 10.1 Å². The summed E-state index contributed by atoms with van der Waals surface area (Å²) in [5.41, 5.74) is -1.21. The van der Waals surface area contributed by atoms with Crippen molar-refractivity contribution >= 4 is 12.1 Å². The third-order valence-corrected chi connectivity index (χ3v) is 5.12. The maximum absolute atomic E-state index is 12.1. The van der Waals surface area contributed by atoms with Crippen LogP contribution in [0, 0.1) is 16.2 Å². The molecule has 8 heteroatoms. The Morgan fingerprint density at radius 3 is 2.37 bits per heavy atom. The van der Waals surface area contributed by atoms with E-state index < -0.39 is 17.5 Å². The average Bonchev–Trinajstić information content (AvgIpc) is 2.55. The number of rotatable bonds is 10. The number of amides is 1. The molecule has 0 spiro atoms. The zero-order valence-corrected chi connectivity index (χ0v) is 17.5. The van der Waals surface area contributed by atoms with Crippen LogP contribution in [0.15, 0.2) is 0 Å². The third kappa shape index (κ3) is 7.63. The number of carboxylic acids is 1. The number of ether oxygens (including phenoxy) is 3. The summed E-state index contributed by atoms with van der Waals surface area (Å²) in [5.74, 6) is -1.06. The van der Waals surface area contributed by atoms with E-state index in [2.05, 4.69) is 31.4 Å². The van der Waals surface area contributed by atoms with Crippen LogP contribution in [0.5, 0.6) is 0 Å². The highest BCUT2D eigenvalue weighted by molar-refractivity contribution is 5.75. The number of hydrogen-bond acceptors (Lipinski definition) is 6. The minimum absolute atomic E-state index is 0.0334. The molecule has 0 bridgehead atoms. The van der Waals surface area contributed by atoms with Gasteiger partial charge in [-0.1, -0.05) is 20.8 Å². The van der Waals surface area contributed by atoms with Crippen LogP contribution in [0.3, 0.4) is 0 Å². The van der Waals surface area contributed by atoms with Gasteiger partial charge in [0.15, 0.2) is 0 Å². The molecule has 0 aromatic rings. The first-order valence-electron chi connectivity index (χ1n) is 9.31. The second-order valence-electron chi connectivity index (χ2n) is 9.12. The Balaban J connectivity index is 2.58. The van der Waals surface area contributed by atoms with E-state index in [1.54, 1.807) is 7.11 Å². The van der Waals surface area contributed by atoms with E-state index >= 15 is 0 Å². The molecule has 3 N–H and O–H groups in total. The van der Waals surface area contributed by atoms with E-state index in [1.165, 1.54) is 14.0 Å². The summed E-state index contributed by atoms with van der Waals surface area (Å²) in [7, 11) is 3.08. The lowest BCUT2D eigenvalue weighted by atomic mass is 9.62. The molecule has 0 radical (unpaired) electrons. The average molecular weight is 389 g/mol. The zero-order chi connectivity index (χ0) is 20.7. The van der Waals surface area contributed by atoms with Gasteiger partial charge in [-0.2, -0.15) is 0 Å². The van der Waals surface area contributed by atoms with Crippen molar-refractivity contribution in [2.75, 3.05) is 40.7 Å². The quantitative estimate of drug-likeness (QED) is 0.493. The van der Waals surface area contributed by atoms with E-state index in [-0.39, 0.29) is 24.0 Å². The first-order chi connectivity index (χ1) is 12.5. The monoisotopic (exact) mass is 388 g/mol. The van der Waals surface area contributed by atoms with Crippen molar-refractivity contribution in [2.24, 2.45) is 16.2 Å². The molecule has 1 rings (SSSR count). The molecule has 1 amide bonds. The number of aliphatic carboxylic acids is 1. The SMILES string of the molecule is COCNC1CC(C)(C)CC(C)(CNC(=O)OCC(C)(COC)C(=O)O)C1. The van der Waals surface area contributed by atoms with Crippen molar-refractivity contribution < 1.29 is 28.9 Å². The second-order valence-corrected chi connectivity index (χ2v) is 9.12. The molecule has 1 saturated carbocycles. The summed E-state index contributed by atoms with van der Waals surface area (Å²) in [5, 5.41) is 15.5. The Labute approximate surface area is 162 Å². The smallest absolute Gasteiger partial charge is 0.407 e. The number of hydrogen-bond donors (Lipinski definition) is 3. The number of carboxylic acid groups (broad SMARTS) is 1. The van der Waals surface area contributed by atoms with E-state index in [9.17, 15) is 14.7 Å². The molecule has 1 aliphatic carbocycles. The fraction of sp³-hybridized carbons (Fsp3) is 0.895. The largest absolute Gasteiger partial charge is 0.481 e. The molecule has 3 unspecified atom stereocenters. The maximum Gasteiger partial charge on any atom is 0.407 e. The van der Waals surface area contributed by atoms with E-state index in [1.807, 2.05) is 0 Å². The number of methoxy groups -OCH3 is 2. The Hall–Kier alpha value is -1.38. The topological polar surface area (TPSA) is 106 Å². The van der Waals surface area contributed by atoms with Crippen molar-refractivity contribution in [3.05, 3.63) is 0 Å². The highest BCUT2D eigenvalue weighted by Gasteiger charge is 2.41. The molecule has 0 aromatic heterocycles. The summed E-state index contributed by atoms with van der Waals surface area (Å²) < 4.78 is 15.2. The minimum atomic E-state index is -1.27. The lowest BCUT2D eigenvalue weighted by Crippen LogP contribution is -2.49. The van der Waals surface area contributed by atoms with Gasteiger partial charge in [0.1, 0.15) is 12.0 Å². The molecule has 8 nitrogen and oxygen atoms in total. The lowest BCUT2D eigenvalue weighted by Gasteiger charge is -2.47. The molecule has 0 aromatic carbocycles. The van der Waals surface area contributed by atoms with Gasteiger partial charge in [-0.05, 0) is 37.0 Å². The summed E-state index contributed by atoms with van der Waals surface area (Å²) in [6.07, 6.45) is 2.33. The van der Waals surface area contributed by atoms with Crippen LogP contribution in [0.4, 0.5) is 4.79 Å². The minimum Gasteiger partial charge on any atom is -0.481 e. The van der Waals surface area contributed by atoms with Crippen LogP contribution in [-0.2, 0) is 19.0 Å². The van der Waals surface area contributed by atoms with Crippen LogP contribution in [0.1, 0.15) is 47.0 Å². The number of carbonyl (C=O) groups excluding carboxylic acids is 1. The Bertz CT molecular complexity index is 512. The second kappa shape index (κ2) is 9.71. The predicted molar refractivity (Wildman–Crippen MR) is 102 cm³/mol. The van der Waals surface area contributed by atoms with Crippen LogP contribution < -0.4 is 10.6 Å². The van der Waals surface area contributed by atoms with Crippen LogP contribution >= 0.6 is 0 Å². The van der Waals surface area contributed by atoms with Crippen molar-refractivity contribution in [3.8, 4) is 0 Å². The molecule has 1 fully saturated rings. The normalized spacial score (nSPS) is 26.8. The summed E-state index contributed by atoms with van der Waals surface area (Å²) in [6.45, 7) is 8.79. The Kier molecular flexibility index (Phi) is 8.50. The molecule has 0 aliphatic heterocycles. The maximum atomic E-state index is 12.1. The molecule has 3 atom stereocenters. The van der Waals surface area contributed by atoms with E-state index in [4.69, 9.17) is 14.2 Å².